The van der Waals surface area contributed by atoms with E-state index in [1.165, 1.54) is 0 Å². The molecule has 8 heavy (non-hydrogen) atoms. The lowest BCUT2D eigenvalue weighted by Gasteiger charge is -2.20. The molecule has 0 heterocycles. The first-order chi connectivity index (χ1) is 3.68. The molecular formula is C5H9Br3. The zero-order chi connectivity index (χ0) is 6.62. The number of rotatable bonds is 3. The minimum atomic E-state index is 0.375. The normalized spacial score (nSPS) is 12.0. The molecule has 0 spiro atoms. The molecule has 0 radical (unpaired) electrons. The van der Waals surface area contributed by atoms with Crippen molar-refractivity contribution in [1.29, 1.82) is 0 Å². The lowest BCUT2D eigenvalue weighted by atomic mass is 10.0. The number of hydrogen-bond donors (Lipinski definition) is 0. The van der Waals surface area contributed by atoms with Gasteiger partial charge in [0.15, 0.2) is 0 Å². The monoisotopic (exact) mass is 306 g/mol. The van der Waals surface area contributed by atoms with Crippen molar-refractivity contribution in [3.05, 3.63) is 0 Å². The lowest BCUT2D eigenvalue weighted by Crippen LogP contribution is -2.21. The molecule has 0 aromatic rings. The molecule has 0 saturated carbocycles. The van der Waals surface area contributed by atoms with Gasteiger partial charge in [-0.05, 0) is 5.41 Å². The predicted octanol–water partition coefficient (Wildman–Crippen LogP) is 3.18. The van der Waals surface area contributed by atoms with Gasteiger partial charge in [-0.3, -0.25) is 0 Å². The second kappa shape index (κ2) is 4.29. The van der Waals surface area contributed by atoms with E-state index in [-0.39, 0.29) is 0 Å². The Kier molecular flexibility index (Phi) is 5.06. The van der Waals surface area contributed by atoms with Gasteiger partial charge in [-0.1, -0.05) is 54.7 Å². The number of alkyl halides is 3. The second-order valence-electron chi connectivity index (χ2n) is 2.21. The van der Waals surface area contributed by atoms with E-state index in [0.29, 0.717) is 5.41 Å². The van der Waals surface area contributed by atoms with Crippen LogP contribution < -0.4 is 0 Å². The minimum Gasteiger partial charge on any atom is -0.0922 e. The van der Waals surface area contributed by atoms with Gasteiger partial charge in [0.05, 0.1) is 0 Å². The van der Waals surface area contributed by atoms with Gasteiger partial charge in [-0.25, -0.2) is 0 Å². The van der Waals surface area contributed by atoms with Crippen LogP contribution >= 0.6 is 47.8 Å². The third-order valence-electron chi connectivity index (χ3n) is 0.968. The fraction of sp³-hybridized carbons (Fsp3) is 1.00. The third-order valence-corrected chi connectivity index (χ3v) is 5.03. The van der Waals surface area contributed by atoms with Gasteiger partial charge in [-0.2, -0.15) is 0 Å². The molecule has 0 aromatic carbocycles. The number of hydrogen-bond acceptors (Lipinski definition) is 0. The molecular weight excluding hydrogens is 300 g/mol. The largest absolute Gasteiger partial charge is 0.0922 e. The van der Waals surface area contributed by atoms with Crippen molar-refractivity contribution < 1.29 is 0 Å². The molecule has 0 fully saturated rings. The molecule has 0 bridgehead atoms. The predicted molar refractivity (Wildman–Crippen MR) is 49.5 cm³/mol. The summed E-state index contributed by atoms with van der Waals surface area (Å²) in [7, 11) is 0. The van der Waals surface area contributed by atoms with Crippen LogP contribution in [0.3, 0.4) is 0 Å². The molecule has 0 aromatic heterocycles. The van der Waals surface area contributed by atoms with Crippen molar-refractivity contribution in [2.45, 2.75) is 6.92 Å². The van der Waals surface area contributed by atoms with E-state index in [1.54, 1.807) is 0 Å². The highest BCUT2D eigenvalue weighted by Gasteiger charge is 2.18. The third kappa shape index (κ3) is 2.83. The fourth-order valence-electron chi connectivity index (χ4n) is 0.107. The summed E-state index contributed by atoms with van der Waals surface area (Å²) in [4.78, 5) is 0. The Balaban J connectivity index is 3.58. The Labute approximate surface area is 75.8 Å². The van der Waals surface area contributed by atoms with E-state index >= 15 is 0 Å². The van der Waals surface area contributed by atoms with Crippen LogP contribution in [0.4, 0.5) is 0 Å². The van der Waals surface area contributed by atoms with Crippen LogP contribution in [0, 0.1) is 5.41 Å². The molecule has 0 rings (SSSR count). The van der Waals surface area contributed by atoms with Crippen molar-refractivity contribution in [1.82, 2.24) is 0 Å². The highest BCUT2D eigenvalue weighted by Crippen LogP contribution is 2.24. The highest BCUT2D eigenvalue weighted by molar-refractivity contribution is 9.10. The Morgan fingerprint density at radius 3 is 1.25 bits per heavy atom. The fourth-order valence-corrected chi connectivity index (χ4v) is 2.89. The maximum atomic E-state index is 3.43. The van der Waals surface area contributed by atoms with E-state index in [4.69, 9.17) is 0 Å². The Hall–Kier alpha value is 1.44. The zero-order valence-electron chi connectivity index (χ0n) is 4.76. The van der Waals surface area contributed by atoms with Crippen molar-refractivity contribution in [3.63, 3.8) is 0 Å². The Morgan fingerprint density at radius 2 is 1.25 bits per heavy atom. The van der Waals surface area contributed by atoms with Gasteiger partial charge >= 0.3 is 0 Å². The van der Waals surface area contributed by atoms with Crippen LogP contribution in [0.5, 0.6) is 0 Å². The van der Waals surface area contributed by atoms with E-state index in [9.17, 15) is 0 Å². The highest BCUT2D eigenvalue weighted by atomic mass is 79.9. The zero-order valence-corrected chi connectivity index (χ0v) is 9.51. The van der Waals surface area contributed by atoms with Gasteiger partial charge in [0, 0.05) is 16.0 Å². The van der Waals surface area contributed by atoms with Crippen LogP contribution in [0.1, 0.15) is 6.92 Å². The maximum Gasteiger partial charge on any atom is 0.0101 e. The SMILES string of the molecule is CC(CBr)(CBr)CBr. The lowest BCUT2D eigenvalue weighted by molar-refractivity contribution is 0.516. The first kappa shape index (κ1) is 9.44. The molecule has 0 nitrogen and oxygen atoms in total. The van der Waals surface area contributed by atoms with Crippen molar-refractivity contribution >= 4 is 47.8 Å². The summed E-state index contributed by atoms with van der Waals surface area (Å²) in [5.41, 5.74) is 0.375. The standard InChI is InChI=1S/C5H9Br3/c1-5(2-6,3-7)4-8/h2-4H2,1H3. The van der Waals surface area contributed by atoms with Crippen LogP contribution in [0.15, 0.2) is 0 Å². The van der Waals surface area contributed by atoms with Gasteiger partial charge < -0.3 is 0 Å². The minimum absolute atomic E-state index is 0.375. The summed E-state index contributed by atoms with van der Waals surface area (Å²) >= 11 is 10.3. The smallest absolute Gasteiger partial charge is 0.0101 e. The second-order valence-corrected chi connectivity index (χ2v) is 3.89. The van der Waals surface area contributed by atoms with Crippen LogP contribution in [0.2, 0.25) is 0 Å². The van der Waals surface area contributed by atoms with Crippen LogP contribution in [0.25, 0.3) is 0 Å². The molecule has 0 unspecified atom stereocenters. The van der Waals surface area contributed by atoms with Gasteiger partial charge in [-0.15, -0.1) is 0 Å². The molecule has 0 aliphatic heterocycles. The average molecular weight is 309 g/mol. The number of halogens is 3. The summed E-state index contributed by atoms with van der Waals surface area (Å²) in [6.07, 6.45) is 0. The first-order valence-electron chi connectivity index (χ1n) is 2.36. The van der Waals surface area contributed by atoms with Crippen molar-refractivity contribution in [2.75, 3.05) is 16.0 Å². The molecule has 3 heteroatoms. The molecule has 0 atom stereocenters. The molecule has 0 aliphatic rings. The van der Waals surface area contributed by atoms with E-state index < -0.39 is 0 Å². The Bertz CT molecular complexity index is 50.4. The molecule has 0 saturated heterocycles. The summed E-state index contributed by atoms with van der Waals surface area (Å²) in [5, 5.41) is 3.11. The summed E-state index contributed by atoms with van der Waals surface area (Å²) in [6, 6.07) is 0. The molecule has 0 amide bonds. The van der Waals surface area contributed by atoms with Crippen molar-refractivity contribution in [2.24, 2.45) is 5.41 Å². The molecule has 0 aliphatic carbocycles. The average Bonchev–Trinajstić information content (AvgIpc) is 1.87. The van der Waals surface area contributed by atoms with E-state index in [1.807, 2.05) is 0 Å². The summed E-state index contributed by atoms with van der Waals surface area (Å²) in [5.74, 6) is 0. The summed E-state index contributed by atoms with van der Waals surface area (Å²) in [6.45, 7) is 2.21. The first-order valence-corrected chi connectivity index (χ1v) is 5.73. The van der Waals surface area contributed by atoms with Gasteiger partial charge in [0.1, 0.15) is 0 Å². The Morgan fingerprint density at radius 1 is 1.00 bits per heavy atom. The van der Waals surface area contributed by atoms with Gasteiger partial charge in [0.2, 0.25) is 0 Å². The van der Waals surface area contributed by atoms with Crippen LogP contribution in [-0.2, 0) is 0 Å². The molecule has 50 valence electrons. The van der Waals surface area contributed by atoms with E-state index in [0.717, 1.165) is 16.0 Å². The topological polar surface area (TPSA) is 0 Å². The van der Waals surface area contributed by atoms with Crippen molar-refractivity contribution in [3.8, 4) is 0 Å². The van der Waals surface area contributed by atoms with Crippen LogP contribution in [-0.4, -0.2) is 16.0 Å². The summed E-state index contributed by atoms with van der Waals surface area (Å²) < 4.78 is 0. The van der Waals surface area contributed by atoms with Gasteiger partial charge in [0.25, 0.3) is 0 Å². The van der Waals surface area contributed by atoms with E-state index in [2.05, 4.69) is 54.7 Å². The quantitative estimate of drug-likeness (QED) is 0.703. The molecule has 0 N–H and O–H groups in total. The maximum absolute atomic E-state index is 3.43.